The van der Waals surface area contributed by atoms with Crippen LogP contribution in [0.4, 0.5) is 5.95 Å². The number of ether oxygens (including phenoxy) is 2. The second kappa shape index (κ2) is 12.1. The van der Waals surface area contributed by atoms with Gasteiger partial charge in [-0.1, -0.05) is 79.7 Å². The average molecular weight is 525 g/mol. The summed E-state index contributed by atoms with van der Waals surface area (Å²) in [6, 6.07) is 14.9. The van der Waals surface area contributed by atoms with Crippen molar-refractivity contribution in [1.29, 1.82) is 0 Å². The lowest BCUT2D eigenvalue weighted by atomic mass is 9.96. The number of benzene rings is 2. The van der Waals surface area contributed by atoms with Crippen molar-refractivity contribution in [2.24, 2.45) is 0 Å². The van der Waals surface area contributed by atoms with Gasteiger partial charge < -0.3 is 14.8 Å². The Hall–Kier alpha value is -3.23. The van der Waals surface area contributed by atoms with Crippen molar-refractivity contribution < 1.29 is 14.3 Å². The van der Waals surface area contributed by atoms with Crippen LogP contribution in [0.1, 0.15) is 43.9 Å². The molecule has 0 spiro atoms. The molecule has 2 aromatic carbocycles. The molecule has 4 rings (SSSR count). The third-order valence-electron chi connectivity index (χ3n) is 5.66. The van der Waals surface area contributed by atoms with Gasteiger partial charge in [-0.05, 0) is 42.7 Å². The summed E-state index contributed by atoms with van der Waals surface area (Å²) < 4.78 is 13.0. The number of anilines is 1. The van der Waals surface area contributed by atoms with Crippen molar-refractivity contribution >= 4 is 35.3 Å². The highest BCUT2D eigenvalue weighted by molar-refractivity contribution is 7.98. The average Bonchev–Trinajstić information content (AvgIpc) is 3.29. The minimum atomic E-state index is -0.509. The number of aromatic nitrogens is 3. The number of allylic oxidation sites excluding steroid dienone is 1. The van der Waals surface area contributed by atoms with E-state index >= 15 is 0 Å². The predicted molar refractivity (Wildman–Crippen MR) is 143 cm³/mol. The summed E-state index contributed by atoms with van der Waals surface area (Å²) in [5, 5.41) is 9.26. The highest BCUT2D eigenvalue weighted by Crippen LogP contribution is 2.37. The molecule has 1 atom stereocenters. The number of nitrogens with one attached hydrogen (secondary N) is 1. The van der Waals surface area contributed by atoms with Crippen molar-refractivity contribution in [3.05, 3.63) is 88.6 Å². The highest BCUT2D eigenvalue weighted by atomic mass is 35.5. The molecule has 36 heavy (non-hydrogen) atoms. The summed E-state index contributed by atoms with van der Waals surface area (Å²) in [6.45, 7) is 8.40. The van der Waals surface area contributed by atoms with Gasteiger partial charge in [0.1, 0.15) is 18.4 Å². The van der Waals surface area contributed by atoms with Crippen LogP contribution in [0.3, 0.4) is 0 Å². The van der Waals surface area contributed by atoms with E-state index in [0.29, 0.717) is 39.8 Å². The first-order chi connectivity index (χ1) is 17.5. The fourth-order valence-corrected chi connectivity index (χ4v) is 4.93. The topological polar surface area (TPSA) is 78.3 Å². The number of halogens is 1. The van der Waals surface area contributed by atoms with Crippen molar-refractivity contribution in [1.82, 2.24) is 14.8 Å². The number of hydrogen-bond acceptors (Lipinski definition) is 7. The molecule has 7 nitrogen and oxygen atoms in total. The van der Waals surface area contributed by atoms with E-state index in [0.717, 1.165) is 29.7 Å². The van der Waals surface area contributed by atoms with Gasteiger partial charge in [-0.2, -0.15) is 4.98 Å². The lowest BCUT2D eigenvalue weighted by molar-refractivity contribution is -0.138. The quantitative estimate of drug-likeness (QED) is 0.134. The second-order valence-corrected chi connectivity index (χ2v) is 9.62. The molecule has 1 aliphatic heterocycles. The number of thioether (sulfide) groups is 1. The Morgan fingerprint density at radius 3 is 2.75 bits per heavy atom. The standard InChI is InChI=1S/C27H29ClN4O3S/c1-4-6-16-34-21-13-11-19(12-14-21)24-23(25(33)35-15-5-2)18(3)29-26-30-27(31-32(24)26)36-17-20-9-7-8-10-22(20)28/h5,7-14,24H,2,4,6,15-17H2,1,3H3,(H,29,30,31). The lowest BCUT2D eigenvalue weighted by Crippen LogP contribution is -2.29. The molecular formula is C27H29ClN4O3S. The summed E-state index contributed by atoms with van der Waals surface area (Å²) in [6.07, 6.45) is 3.61. The molecule has 188 valence electrons. The summed E-state index contributed by atoms with van der Waals surface area (Å²) in [5.74, 6) is 1.54. The number of esters is 1. The maximum absolute atomic E-state index is 13.1. The van der Waals surface area contributed by atoms with Crippen LogP contribution in [0.15, 0.2) is 77.6 Å². The first-order valence-electron chi connectivity index (χ1n) is 11.8. The fourth-order valence-electron chi connectivity index (χ4n) is 3.82. The number of hydrogen-bond donors (Lipinski definition) is 1. The van der Waals surface area contributed by atoms with Gasteiger partial charge in [0.2, 0.25) is 11.1 Å². The number of nitrogens with zero attached hydrogens (tertiary/aromatic N) is 3. The molecule has 1 aromatic heterocycles. The minimum absolute atomic E-state index is 0.121. The monoisotopic (exact) mass is 524 g/mol. The Labute approximate surface area is 220 Å². The lowest BCUT2D eigenvalue weighted by Gasteiger charge is -2.28. The molecule has 0 bridgehead atoms. The van der Waals surface area contributed by atoms with E-state index < -0.39 is 12.0 Å². The minimum Gasteiger partial charge on any atom is -0.494 e. The van der Waals surface area contributed by atoms with Crippen molar-refractivity contribution in [2.45, 2.75) is 43.6 Å². The SMILES string of the molecule is C=CCOC(=O)C1=C(C)Nc2nc(SCc3ccccc3Cl)nn2C1c1ccc(OCCCC)cc1. The molecule has 1 unspecified atom stereocenters. The number of fused-ring (bicyclic) bond motifs is 1. The second-order valence-electron chi connectivity index (χ2n) is 8.27. The van der Waals surface area contributed by atoms with Gasteiger partial charge in [0, 0.05) is 16.5 Å². The summed E-state index contributed by atoms with van der Waals surface area (Å²) in [5.41, 5.74) is 3.01. The Balaban J connectivity index is 1.64. The molecule has 0 radical (unpaired) electrons. The third kappa shape index (κ3) is 5.94. The molecule has 0 fully saturated rings. The van der Waals surface area contributed by atoms with E-state index in [2.05, 4.69) is 23.8 Å². The maximum atomic E-state index is 13.1. The Kier molecular flexibility index (Phi) is 8.72. The smallest absolute Gasteiger partial charge is 0.338 e. The van der Waals surface area contributed by atoms with Gasteiger partial charge in [-0.15, -0.1) is 5.10 Å². The molecule has 0 amide bonds. The van der Waals surface area contributed by atoms with Crippen LogP contribution in [0.2, 0.25) is 5.02 Å². The van der Waals surface area contributed by atoms with Gasteiger partial charge >= 0.3 is 5.97 Å². The molecule has 3 aromatic rings. The molecule has 0 aliphatic carbocycles. The van der Waals surface area contributed by atoms with Crippen LogP contribution in [-0.2, 0) is 15.3 Å². The number of carbonyl (C=O) groups is 1. The Bertz CT molecular complexity index is 1260. The summed E-state index contributed by atoms with van der Waals surface area (Å²) in [7, 11) is 0. The summed E-state index contributed by atoms with van der Waals surface area (Å²) in [4.78, 5) is 17.8. The Morgan fingerprint density at radius 2 is 2.03 bits per heavy atom. The van der Waals surface area contributed by atoms with Gasteiger partial charge in [0.05, 0.1) is 12.2 Å². The molecule has 1 N–H and O–H groups in total. The molecule has 2 heterocycles. The van der Waals surface area contributed by atoms with E-state index in [1.54, 1.807) is 10.8 Å². The van der Waals surface area contributed by atoms with Crippen LogP contribution in [-0.4, -0.2) is 33.9 Å². The first-order valence-corrected chi connectivity index (χ1v) is 13.2. The summed E-state index contributed by atoms with van der Waals surface area (Å²) >= 11 is 7.80. The normalized spacial score (nSPS) is 14.7. The van der Waals surface area contributed by atoms with Crippen LogP contribution < -0.4 is 10.1 Å². The van der Waals surface area contributed by atoms with Crippen LogP contribution >= 0.6 is 23.4 Å². The first kappa shape index (κ1) is 25.9. The zero-order valence-electron chi connectivity index (χ0n) is 20.4. The van der Waals surface area contributed by atoms with E-state index in [9.17, 15) is 4.79 Å². The van der Waals surface area contributed by atoms with Crippen molar-refractivity contribution in [2.75, 3.05) is 18.5 Å². The van der Waals surface area contributed by atoms with Gasteiger partial charge in [0.25, 0.3) is 0 Å². The zero-order valence-corrected chi connectivity index (χ0v) is 21.9. The van der Waals surface area contributed by atoms with Crippen LogP contribution in [0, 0.1) is 0 Å². The Morgan fingerprint density at radius 1 is 1.25 bits per heavy atom. The van der Waals surface area contributed by atoms with Crippen LogP contribution in [0.25, 0.3) is 0 Å². The third-order valence-corrected chi connectivity index (χ3v) is 6.92. The number of carbonyl (C=O) groups excluding carboxylic acids is 1. The number of rotatable bonds is 11. The van der Waals surface area contributed by atoms with E-state index in [1.165, 1.54) is 11.8 Å². The van der Waals surface area contributed by atoms with E-state index in [1.807, 2.05) is 55.5 Å². The van der Waals surface area contributed by atoms with E-state index in [4.69, 9.17) is 26.2 Å². The highest BCUT2D eigenvalue weighted by Gasteiger charge is 2.35. The fraction of sp³-hybridized carbons (Fsp3) is 0.296. The van der Waals surface area contributed by atoms with Gasteiger partial charge in [-0.3, -0.25) is 0 Å². The zero-order chi connectivity index (χ0) is 25.5. The maximum Gasteiger partial charge on any atom is 0.338 e. The molecule has 0 saturated heterocycles. The van der Waals surface area contributed by atoms with E-state index in [-0.39, 0.29) is 6.61 Å². The molecule has 0 saturated carbocycles. The largest absolute Gasteiger partial charge is 0.494 e. The molecule has 9 heteroatoms. The van der Waals surface area contributed by atoms with Gasteiger partial charge in [0.15, 0.2) is 0 Å². The van der Waals surface area contributed by atoms with Gasteiger partial charge in [-0.25, -0.2) is 9.48 Å². The van der Waals surface area contributed by atoms with Crippen LogP contribution in [0.5, 0.6) is 5.75 Å². The van der Waals surface area contributed by atoms with Crippen molar-refractivity contribution in [3.8, 4) is 5.75 Å². The predicted octanol–water partition coefficient (Wildman–Crippen LogP) is 6.42. The van der Waals surface area contributed by atoms with Crippen molar-refractivity contribution in [3.63, 3.8) is 0 Å². The molecule has 1 aliphatic rings. The molecular weight excluding hydrogens is 496 g/mol. The number of unbranched alkanes of at least 4 members (excludes halogenated alkanes) is 1.